The van der Waals surface area contributed by atoms with Crippen LogP contribution < -0.4 is 5.73 Å². The van der Waals surface area contributed by atoms with E-state index in [9.17, 15) is 0 Å². The van der Waals surface area contributed by atoms with Gasteiger partial charge in [0.1, 0.15) is 0 Å². The van der Waals surface area contributed by atoms with Gasteiger partial charge in [-0.15, -0.1) is 0 Å². The maximum absolute atomic E-state index is 5.91. The average Bonchev–Trinajstić information content (AvgIpc) is 2.49. The Morgan fingerprint density at radius 2 is 2.07 bits per heavy atom. The van der Waals surface area contributed by atoms with Gasteiger partial charge in [-0.3, -0.25) is 4.68 Å². The summed E-state index contributed by atoms with van der Waals surface area (Å²) in [7, 11) is 1.91. The predicted octanol–water partition coefficient (Wildman–Crippen LogP) is 2.63. The minimum Gasteiger partial charge on any atom is -0.398 e. The maximum Gasteiger partial charge on any atom is 0.0571 e. The number of anilines is 1. The van der Waals surface area contributed by atoms with Crippen molar-refractivity contribution in [2.24, 2.45) is 7.05 Å². The highest BCUT2D eigenvalue weighted by Crippen LogP contribution is 2.30. The fourth-order valence-corrected chi connectivity index (χ4v) is 1.72. The summed E-state index contributed by atoms with van der Waals surface area (Å²) in [4.78, 5) is 0. The summed E-state index contributed by atoms with van der Waals surface area (Å²) < 4.78 is 1.82. The maximum atomic E-state index is 5.91. The van der Waals surface area contributed by atoms with Crippen LogP contribution >= 0.6 is 11.6 Å². The van der Waals surface area contributed by atoms with Crippen LogP contribution in [0.2, 0.25) is 5.02 Å². The summed E-state index contributed by atoms with van der Waals surface area (Å²) in [6.45, 7) is 2.01. The van der Waals surface area contributed by atoms with Gasteiger partial charge in [0, 0.05) is 34.6 Å². The van der Waals surface area contributed by atoms with Crippen LogP contribution in [0, 0.1) is 6.92 Å². The zero-order chi connectivity index (χ0) is 11.0. The van der Waals surface area contributed by atoms with Crippen LogP contribution in [0.5, 0.6) is 0 Å². The Morgan fingerprint density at radius 1 is 1.33 bits per heavy atom. The summed E-state index contributed by atoms with van der Waals surface area (Å²) in [5.74, 6) is 0. The summed E-state index contributed by atoms with van der Waals surface area (Å²) in [6, 6.07) is 5.50. The van der Waals surface area contributed by atoms with Gasteiger partial charge in [-0.1, -0.05) is 17.7 Å². The van der Waals surface area contributed by atoms with E-state index >= 15 is 0 Å². The molecule has 0 spiro atoms. The fraction of sp³-hybridized carbons (Fsp3) is 0.182. The van der Waals surface area contributed by atoms with Crippen molar-refractivity contribution in [2.45, 2.75) is 6.92 Å². The Hall–Kier alpha value is -1.48. The summed E-state index contributed by atoms with van der Waals surface area (Å²) >= 11 is 5.85. The molecule has 1 aromatic heterocycles. The second kappa shape index (κ2) is 3.59. The average molecular weight is 222 g/mol. The lowest BCUT2D eigenvalue weighted by Gasteiger charge is -2.05. The monoisotopic (exact) mass is 221 g/mol. The normalized spacial score (nSPS) is 10.6. The van der Waals surface area contributed by atoms with Crippen LogP contribution in [0.25, 0.3) is 11.1 Å². The highest BCUT2D eigenvalue weighted by atomic mass is 35.5. The molecular formula is C11H12ClN3. The summed E-state index contributed by atoms with van der Waals surface area (Å²) in [5, 5.41) is 4.83. The molecule has 78 valence electrons. The highest BCUT2D eigenvalue weighted by molar-refractivity contribution is 6.31. The van der Waals surface area contributed by atoms with Crippen LogP contribution in [0.15, 0.2) is 24.4 Å². The lowest BCUT2D eigenvalue weighted by atomic mass is 10.1. The van der Waals surface area contributed by atoms with Gasteiger partial charge in [0.15, 0.2) is 0 Å². The SMILES string of the molecule is Cc1c(-c2ccc(Cl)cc2N)cnn1C. The van der Waals surface area contributed by atoms with Crippen LogP contribution in [0.1, 0.15) is 5.69 Å². The van der Waals surface area contributed by atoms with Crippen molar-refractivity contribution in [3.63, 3.8) is 0 Å². The molecule has 0 bridgehead atoms. The standard InChI is InChI=1S/C11H12ClN3/c1-7-10(6-14-15(7)2)9-4-3-8(12)5-11(9)13/h3-6H,13H2,1-2H3. The molecule has 0 unspecified atom stereocenters. The number of nitrogen functional groups attached to an aromatic ring is 1. The molecule has 0 aliphatic carbocycles. The first-order valence-electron chi connectivity index (χ1n) is 4.63. The second-order valence-corrected chi connectivity index (χ2v) is 3.94. The zero-order valence-corrected chi connectivity index (χ0v) is 9.42. The highest BCUT2D eigenvalue weighted by Gasteiger charge is 2.09. The van der Waals surface area contributed by atoms with Gasteiger partial charge in [0.05, 0.1) is 6.20 Å². The number of hydrogen-bond donors (Lipinski definition) is 1. The largest absolute Gasteiger partial charge is 0.398 e. The number of halogens is 1. The third-order valence-electron chi connectivity index (χ3n) is 2.54. The second-order valence-electron chi connectivity index (χ2n) is 3.50. The van der Waals surface area contributed by atoms with Gasteiger partial charge in [-0.2, -0.15) is 5.10 Å². The molecule has 0 atom stereocenters. The molecule has 4 heteroatoms. The van der Waals surface area contributed by atoms with Gasteiger partial charge >= 0.3 is 0 Å². The van der Waals surface area contributed by atoms with Crippen molar-refractivity contribution in [3.8, 4) is 11.1 Å². The molecule has 0 fully saturated rings. The molecule has 0 amide bonds. The predicted molar refractivity (Wildman–Crippen MR) is 62.8 cm³/mol. The summed E-state index contributed by atoms with van der Waals surface area (Å²) in [5.41, 5.74) is 9.70. The number of rotatable bonds is 1. The Balaban J connectivity index is 2.59. The van der Waals surface area contributed by atoms with Crippen LogP contribution in [-0.2, 0) is 7.05 Å². The van der Waals surface area contributed by atoms with E-state index in [1.807, 2.05) is 37.0 Å². The van der Waals surface area contributed by atoms with E-state index < -0.39 is 0 Å². The molecule has 1 aromatic carbocycles. The van der Waals surface area contributed by atoms with E-state index in [0.717, 1.165) is 16.8 Å². The van der Waals surface area contributed by atoms with Crippen molar-refractivity contribution < 1.29 is 0 Å². The Kier molecular flexibility index (Phi) is 2.40. The lowest BCUT2D eigenvalue weighted by molar-refractivity contribution is 0.740. The van der Waals surface area contributed by atoms with E-state index in [0.29, 0.717) is 10.7 Å². The van der Waals surface area contributed by atoms with Crippen LogP contribution in [-0.4, -0.2) is 9.78 Å². The van der Waals surface area contributed by atoms with Gasteiger partial charge in [-0.05, 0) is 19.1 Å². The number of aryl methyl sites for hydroxylation is 1. The third kappa shape index (κ3) is 1.70. The molecule has 0 saturated heterocycles. The van der Waals surface area contributed by atoms with Crippen molar-refractivity contribution in [2.75, 3.05) is 5.73 Å². The summed E-state index contributed by atoms with van der Waals surface area (Å²) in [6.07, 6.45) is 1.81. The zero-order valence-electron chi connectivity index (χ0n) is 8.66. The molecule has 1 heterocycles. The van der Waals surface area contributed by atoms with Gasteiger partial charge in [-0.25, -0.2) is 0 Å². The van der Waals surface area contributed by atoms with Crippen molar-refractivity contribution in [3.05, 3.63) is 35.1 Å². The first kappa shape index (κ1) is 10.1. The molecule has 15 heavy (non-hydrogen) atoms. The fourth-order valence-electron chi connectivity index (χ4n) is 1.54. The molecule has 2 aromatic rings. The number of nitrogens with two attached hydrogens (primary N) is 1. The van der Waals surface area contributed by atoms with E-state index in [4.69, 9.17) is 17.3 Å². The third-order valence-corrected chi connectivity index (χ3v) is 2.77. The van der Waals surface area contributed by atoms with E-state index in [-0.39, 0.29) is 0 Å². The molecule has 2 N–H and O–H groups in total. The molecule has 2 rings (SSSR count). The van der Waals surface area contributed by atoms with Crippen molar-refractivity contribution >= 4 is 17.3 Å². The quantitative estimate of drug-likeness (QED) is 0.753. The Bertz CT molecular complexity index is 503. The first-order valence-corrected chi connectivity index (χ1v) is 5.01. The van der Waals surface area contributed by atoms with E-state index in [2.05, 4.69) is 5.10 Å². The number of hydrogen-bond acceptors (Lipinski definition) is 2. The molecule has 0 aliphatic rings. The van der Waals surface area contributed by atoms with Crippen molar-refractivity contribution in [1.82, 2.24) is 9.78 Å². The lowest BCUT2D eigenvalue weighted by Crippen LogP contribution is -1.94. The van der Waals surface area contributed by atoms with Crippen molar-refractivity contribution in [1.29, 1.82) is 0 Å². The first-order chi connectivity index (χ1) is 7.09. The molecule has 0 saturated carbocycles. The minimum atomic E-state index is 0.651. The number of aromatic nitrogens is 2. The Labute approximate surface area is 93.5 Å². The molecule has 3 nitrogen and oxygen atoms in total. The molecular weight excluding hydrogens is 210 g/mol. The number of benzene rings is 1. The van der Waals surface area contributed by atoms with E-state index in [1.54, 1.807) is 6.07 Å². The van der Waals surface area contributed by atoms with Gasteiger partial charge in [0.2, 0.25) is 0 Å². The smallest absolute Gasteiger partial charge is 0.0571 e. The van der Waals surface area contributed by atoms with E-state index in [1.165, 1.54) is 0 Å². The van der Waals surface area contributed by atoms with Gasteiger partial charge in [0.25, 0.3) is 0 Å². The molecule has 0 aliphatic heterocycles. The van der Waals surface area contributed by atoms with Crippen LogP contribution in [0.4, 0.5) is 5.69 Å². The van der Waals surface area contributed by atoms with Crippen LogP contribution in [0.3, 0.4) is 0 Å². The molecule has 0 radical (unpaired) electrons. The minimum absolute atomic E-state index is 0.651. The van der Waals surface area contributed by atoms with Gasteiger partial charge < -0.3 is 5.73 Å². The topological polar surface area (TPSA) is 43.8 Å². The Morgan fingerprint density at radius 3 is 2.60 bits per heavy atom. The number of nitrogens with zero attached hydrogens (tertiary/aromatic N) is 2.